The Balaban J connectivity index is 2.22. The number of carbonyl (C=O) groups is 1. The van der Waals surface area contributed by atoms with Gasteiger partial charge >= 0.3 is 0 Å². The van der Waals surface area contributed by atoms with Gasteiger partial charge < -0.3 is 10.1 Å². The van der Waals surface area contributed by atoms with Crippen LogP contribution in [0.2, 0.25) is 0 Å². The molecule has 0 saturated heterocycles. The van der Waals surface area contributed by atoms with Crippen LogP contribution in [0.1, 0.15) is 29.8 Å². The van der Waals surface area contributed by atoms with Crippen molar-refractivity contribution in [3.05, 3.63) is 59.7 Å². The molecule has 0 fully saturated rings. The van der Waals surface area contributed by atoms with Gasteiger partial charge in [0.05, 0.1) is 25.1 Å². The van der Waals surface area contributed by atoms with Crippen molar-refractivity contribution in [1.29, 1.82) is 0 Å². The van der Waals surface area contributed by atoms with Gasteiger partial charge in [0.1, 0.15) is 5.75 Å². The topological polar surface area (TPSA) is 75.7 Å². The molecule has 26 heavy (non-hydrogen) atoms. The van der Waals surface area contributed by atoms with E-state index in [9.17, 15) is 13.2 Å². The minimum absolute atomic E-state index is 0.148. The first kappa shape index (κ1) is 19.8. The SMILES string of the molecule is CCNC(=O)c1ccc(CN(c2ccc(OCC)cc2)S(C)(=O)=O)cc1. The first-order valence-electron chi connectivity index (χ1n) is 8.42. The van der Waals surface area contributed by atoms with Gasteiger partial charge in [-0.15, -0.1) is 0 Å². The first-order chi connectivity index (χ1) is 12.3. The zero-order valence-electron chi connectivity index (χ0n) is 15.2. The van der Waals surface area contributed by atoms with Gasteiger partial charge in [-0.1, -0.05) is 12.1 Å². The molecule has 6 nitrogen and oxygen atoms in total. The van der Waals surface area contributed by atoms with E-state index in [1.165, 1.54) is 10.6 Å². The molecule has 0 aliphatic heterocycles. The fraction of sp³-hybridized carbons (Fsp3) is 0.316. The molecular weight excluding hydrogens is 352 g/mol. The third kappa shape index (κ3) is 5.23. The van der Waals surface area contributed by atoms with Crippen molar-refractivity contribution in [2.75, 3.05) is 23.7 Å². The van der Waals surface area contributed by atoms with Crippen molar-refractivity contribution in [2.45, 2.75) is 20.4 Å². The maximum atomic E-state index is 12.2. The van der Waals surface area contributed by atoms with Gasteiger partial charge in [0.15, 0.2) is 0 Å². The minimum Gasteiger partial charge on any atom is -0.494 e. The predicted octanol–water partition coefficient (Wildman–Crippen LogP) is 2.80. The zero-order chi connectivity index (χ0) is 19.2. The summed E-state index contributed by atoms with van der Waals surface area (Å²) in [4.78, 5) is 11.8. The number of rotatable bonds is 8. The molecule has 0 heterocycles. The molecule has 0 aliphatic carbocycles. The summed E-state index contributed by atoms with van der Waals surface area (Å²) in [6.45, 7) is 5.03. The normalized spacial score (nSPS) is 11.0. The van der Waals surface area contributed by atoms with Crippen LogP contribution in [0, 0.1) is 0 Å². The Bertz CT molecular complexity index is 831. The summed E-state index contributed by atoms with van der Waals surface area (Å²) in [5.41, 5.74) is 1.89. The molecule has 0 atom stereocenters. The van der Waals surface area contributed by atoms with Crippen molar-refractivity contribution in [1.82, 2.24) is 5.32 Å². The van der Waals surface area contributed by atoms with Crippen LogP contribution in [0.25, 0.3) is 0 Å². The molecule has 0 unspecified atom stereocenters. The number of nitrogens with zero attached hydrogens (tertiary/aromatic N) is 1. The van der Waals surface area contributed by atoms with E-state index in [0.717, 1.165) is 5.56 Å². The number of nitrogens with one attached hydrogen (secondary N) is 1. The summed E-state index contributed by atoms with van der Waals surface area (Å²) in [5, 5.41) is 2.73. The van der Waals surface area contributed by atoms with E-state index < -0.39 is 10.0 Å². The number of hydrogen-bond acceptors (Lipinski definition) is 4. The average molecular weight is 376 g/mol. The van der Waals surface area contributed by atoms with E-state index in [-0.39, 0.29) is 12.5 Å². The van der Waals surface area contributed by atoms with Crippen molar-refractivity contribution >= 4 is 21.6 Å². The second-order valence-corrected chi connectivity index (χ2v) is 7.66. The van der Waals surface area contributed by atoms with Gasteiger partial charge in [-0.2, -0.15) is 0 Å². The smallest absolute Gasteiger partial charge is 0.251 e. The van der Waals surface area contributed by atoms with Crippen LogP contribution >= 0.6 is 0 Å². The van der Waals surface area contributed by atoms with Gasteiger partial charge in [0.2, 0.25) is 10.0 Å². The lowest BCUT2D eigenvalue weighted by atomic mass is 10.1. The Hall–Kier alpha value is -2.54. The monoisotopic (exact) mass is 376 g/mol. The molecule has 0 bridgehead atoms. The second kappa shape index (κ2) is 8.71. The fourth-order valence-corrected chi connectivity index (χ4v) is 3.35. The molecular formula is C19H24N2O4S. The molecule has 1 N–H and O–H groups in total. The Morgan fingerprint density at radius 1 is 1.04 bits per heavy atom. The second-order valence-electron chi connectivity index (χ2n) is 5.75. The summed E-state index contributed by atoms with van der Waals surface area (Å²) < 4.78 is 31.2. The summed E-state index contributed by atoms with van der Waals surface area (Å²) in [7, 11) is -3.46. The largest absolute Gasteiger partial charge is 0.494 e. The highest BCUT2D eigenvalue weighted by Gasteiger charge is 2.18. The number of anilines is 1. The van der Waals surface area contributed by atoms with E-state index in [1.54, 1.807) is 48.5 Å². The lowest BCUT2D eigenvalue weighted by Gasteiger charge is -2.23. The number of sulfonamides is 1. The van der Waals surface area contributed by atoms with Gasteiger partial charge in [-0.25, -0.2) is 8.42 Å². The van der Waals surface area contributed by atoms with Gasteiger partial charge in [0.25, 0.3) is 5.91 Å². The van der Waals surface area contributed by atoms with Gasteiger partial charge in [-0.05, 0) is 55.8 Å². The maximum absolute atomic E-state index is 12.2. The van der Waals surface area contributed by atoms with Crippen molar-refractivity contribution < 1.29 is 17.9 Å². The van der Waals surface area contributed by atoms with Crippen LogP contribution < -0.4 is 14.4 Å². The number of hydrogen-bond donors (Lipinski definition) is 1. The number of benzene rings is 2. The average Bonchev–Trinajstić information content (AvgIpc) is 2.60. The molecule has 2 rings (SSSR count). The van der Waals surface area contributed by atoms with Gasteiger partial charge in [-0.3, -0.25) is 9.10 Å². The molecule has 7 heteroatoms. The first-order valence-corrected chi connectivity index (χ1v) is 10.3. The van der Waals surface area contributed by atoms with Crippen LogP contribution in [0.3, 0.4) is 0 Å². The Labute approximate surface area is 154 Å². The van der Waals surface area contributed by atoms with E-state index >= 15 is 0 Å². The third-order valence-corrected chi connectivity index (χ3v) is 4.86. The minimum atomic E-state index is -3.46. The predicted molar refractivity (Wildman–Crippen MR) is 103 cm³/mol. The Morgan fingerprint density at radius 2 is 1.65 bits per heavy atom. The summed E-state index contributed by atoms with van der Waals surface area (Å²) >= 11 is 0. The molecule has 0 saturated carbocycles. The van der Waals surface area contributed by atoms with E-state index in [4.69, 9.17) is 4.74 Å². The molecule has 0 radical (unpaired) electrons. The van der Waals surface area contributed by atoms with Crippen LogP contribution in [-0.2, 0) is 16.6 Å². The highest BCUT2D eigenvalue weighted by molar-refractivity contribution is 7.92. The van der Waals surface area contributed by atoms with E-state index in [1.807, 2.05) is 13.8 Å². The van der Waals surface area contributed by atoms with Crippen LogP contribution in [0.5, 0.6) is 5.75 Å². The number of amides is 1. The quantitative estimate of drug-likeness (QED) is 0.769. The number of ether oxygens (including phenoxy) is 1. The molecule has 2 aromatic rings. The van der Waals surface area contributed by atoms with Crippen molar-refractivity contribution in [3.8, 4) is 5.75 Å². The van der Waals surface area contributed by atoms with Gasteiger partial charge in [0, 0.05) is 12.1 Å². The highest BCUT2D eigenvalue weighted by Crippen LogP contribution is 2.23. The van der Waals surface area contributed by atoms with E-state index in [2.05, 4.69) is 5.32 Å². The highest BCUT2D eigenvalue weighted by atomic mass is 32.2. The number of carbonyl (C=O) groups excluding carboxylic acids is 1. The Morgan fingerprint density at radius 3 is 2.15 bits per heavy atom. The van der Waals surface area contributed by atoms with Crippen molar-refractivity contribution in [3.63, 3.8) is 0 Å². The maximum Gasteiger partial charge on any atom is 0.251 e. The molecule has 1 amide bonds. The Kier molecular flexibility index (Phi) is 6.63. The lowest BCUT2D eigenvalue weighted by Crippen LogP contribution is -2.29. The molecule has 2 aromatic carbocycles. The standard InChI is InChI=1S/C19H24N2O4S/c1-4-20-19(22)16-8-6-15(7-9-16)14-21(26(3,23)24)17-10-12-18(13-11-17)25-5-2/h6-13H,4-5,14H2,1-3H3,(H,20,22). The molecule has 0 aliphatic rings. The fourth-order valence-electron chi connectivity index (χ4n) is 2.47. The van der Waals surface area contributed by atoms with Crippen LogP contribution in [0.15, 0.2) is 48.5 Å². The molecule has 0 aromatic heterocycles. The summed E-state index contributed by atoms with van der Waals surface area (Å²) in [5.74, 6) is 0.543. The third-order valence-electron chi connectivity index (χ3n) is 3.72. The zero-order valence-corrected chi connectivity index (χ0v) is 16.0. The summed E-state index contributed by atoms with van der Waals surface area (Å²) in [6.07, 6.45) is 1.17. The van der Waals surface area contributed by atoms with Crippen LogP contribution in [-0.4, -0.2) is 33.7 Å². The summed E-state index contributed by atoms with van der Waals surface area (Å²) in [6, 6.07) is 13.8. The molecule has 0 spiro atoms. The van der Waals surface area contributed by atoms with Crippen molar-refractivity contribution in [2.24, 2.45) is 0 Å². The molecule has 140 valence electrons. The van der Waals surface area contributed by atoms with E-state index in [0.29, 0.717) is 30.2 Å². The lowest BCUT2D eigenvalue weighted by molar-refractivity contribution is 0.0956. The van der Waals surface area contributed by atoms with Crippen LogP contribution in [0.4, 0.5) is 5.69 Å².